The van der Waals surface area contributed by atoms with Crippen LogP contribution in [0.1, 0.15) is 34.8 Å². The maximum Gasteiger partial charge on any atom is 0.255 e. The molecule has 0 saturated carbocycles. The molecule has 0 aliphatic heterocycles. The summed E-state index contributed by atoms with van der Waals surface area (Å²) >= 11 is 0. The van der Waals surface area contributed by atoms with Crippen molar-refractivity contribution in [3.63, 3.8) is 0 Å². The Balaban J connectivity index is 1.53. The minimum atomic E-state index is -0.218. The standard InChI is InChI=1S/C27H25NO4/c1-4-13-31-22-11-9-21(10-12-22)28-27(30)20-7-5-19(6-8-20)25-16-24(29)23-15-17(2)14-18(3)26(23)32-25/h5-12,14-16H,4,13H2,1-3H3,(H,28,30). The molecule has 1 N–H and O–H groups in total. The van der Waals surface area contributed by atoms with Crippen LogP contribution in [0.3, 0.4) is 0 Å². The number of amides is 1. The number of ether oxygens (including phenoxy) is 1. The maximum atomic E-state index is 12.6. The Hall–Kier alpha value is -3.86. The monoisotopic (exact) mass is 427 g/mol. The molecule has 0 radical (unpaired) electrons. The topological polar surface area (TPSA) is 68.5 Å². The van der Waals surface area contributed by atoms with Crippen molar-refractivity contribution in [1.29, 1.82) is 0 Å². The van der Waals surface area contributed by atoms with Crippen LogP contribution in [0.4, 0.5) is 5.69 Å². The molecule has 0 atom stereocenters. The maximum absolute atomic E-state index is 12.6. The highest BCUT2D eigenvalue weighted by Gasteiger charge is 2.11. The van der Waals surface area contributed by atoms with Gasteiger partial charge in [0, 0.05) is 22.9 Å². The van der Waals surface area contributed by atoms with E-state index in [2.05, 4.69) is 12.2 Å². The molecule has 5 nitrogen and oxygen atoms in total. The summed E-state index contributed by atoms with van der Waals surface area (Å²) in [5.41, 5.74) is 4.38. The molecule has 162 valence electrons. The van der Waals surface area contributed by atoms with Gasteiger partial charge in [0.25, 0.3) is 5.91 Å². The lowest BCUT2D eigenvalue weighted by Crippen LogP contribution is -2.11. The highest BCUT2D eigenvalue weighted by Crippen LogP contribution is 2.25. The van der Waals surface area contributed by atoms with Gasteiger partial charge in [0.05, 0.1) is 12.0 Å². The second-order valence-corrected chi connectivity index (χ2v) is 7.84. The van der Waals surface area contributed by atoms with Crippen LogP contribution in [0.25, 0.3) is 22.3 Å². The minimum absolute atomic E-state index is 0.0822. The van der Waals surface area contributed by atoms with Crippen LogP contribution >= 0.6 is 0 Å². The first kappa shape index (κ1) is 21.4. The molecule has 0 fully saturated rings. The second kappa shape index (κ2) is 9.10. The molecule has 0 aliphatic carbocycles. The molecule has 3 aromatic carbocycles. The Morgan fingerprint density at radius 1 is 0.969 bits per heavy atom. The van der Waals surface area contributed by atoms with Gasteiger partial charge in [-0.1, -0.05) is 25.1 Å². The largest absolute Gasteiger partial charge is 0.494 e. The first-order valence-electron chi connectivity index (χ1n) is 10.6. The Labute approximate surface area is 186 Å². The third-order valence-electron chi connectivity index (χ3n) is 5.18. The number of fused-ring (bicyclic) bond motifs is 1. The average molecular weight is 428 g/mol. The molecular weight excluding hydrogens is 402 g/mol. The summed E-state index contributed by atoms with van der Waals surface area (Å²) < 4.78 is 11.6. The Kier molecular flexibility index (Phi) is 6.08. The van der Waals surface area contributed by atoms with Gasteiger partial charge in [0.15, 0.2) is 5.43 Å². The predicted molar refractivity (Wildman–Crippen MR) is 128 cm³/mol. The van der Waals surface area contributed by atoms with Crippen molar-refractivity contribution in [3.8, 4) is 17.1 Å². The lowest BCUT2D eigenvalue weighted by molar-refractivity contribution is 0.102. The van der Waals surface area contributed by atoms with E-state index in [4.69, 9.17) is 9.15 Å². The summed E-state index contributed by atoms with van der Waals surface area (Å²) in [6.07, 6.45) is 0.941. The van der Waals surface area contributed by atoms with E-state index in [-0.39, 0.29) is 11.3 Å². The number of hydrogen-bond donors (Lipinski definition) is 1. The molecule has 0 spiro atoms. The van der Waals surface area contributed by atoms with Gasteiger partial charge in [-0.15, -0.1) is 0 Å². The van der Waals surface area contributed by atoms with Gasteiger partial charge in [-0.05, 0) is 73.9 Å². The van der Waals surface area contributed by atoms with Crippen LogP contribution in [0.15, 0.2) is 75.9 Å². The number of benzene rings is 3. The van der Waals surface area contributed by atoms with E-state index in [9.17, 15) is 9.59 Å². The van der Waals surface area contributed by atoms with Crippen LogP contribution in [-0.2, 0) is 0 Å². The number of rotatable bonds is 6. The molecule has 1 amide bonds. The molecule has 4 aromatic rings. The lowest BCUT2D eigenvalue weighted by atomic mass is 10.1. The van der Waals surface area contributed by atoms with Gasteiger partial charge in [-0.2, -0.15) is 0 Å². The van der Waals surface area contributed by atoms with E-state index in [1.807, 2.05) is 50.2 Å². The van der Waals surface area contributed by atoms with E-state index in [0.717, 1.165) is 28.9 Å². The molecule has 0 unspecified atom stereocenters. The van der Waals surface area contributed by atoms with Crippen molar-refractivity contribution in [2.75, 3.05) is 11.9 Å². The zero-order valence-corrected chi connectivity index (χ0v) is 18.4. The Morgan fingerprint density at radius 2 is 1.69 bits per heavy atom. The Bertz CT molecular complexity index is 1320. The predicted octanol–water partition coefficient (Wildman–Crippen LogP) is 6.12. The molecule has 1 aromatic heterocycles. The molecule has 32 heavy (non-hydrogen) atoms. The summed E-state index contributed by atoms with van der Waals surface area (Å²) in [5.74, 6) is 1.03. The van der Waals surface area contributed by atoms with Crippen molar-refractivity contribution in [3.05, 3.63) is 93.6 Å². The zero-order chi connectivity index (χ0) is 22.7. The van der Waals surface area contributed by atoms with E-state index >= 15 is 0 Å². The van der Waals surface area contributed by atoms with Crippen molar-refractivity contribution in [1.82, 2.24) is 0 Å². The fraction of sp³-hybridized carbons (Fsp3) is 0.185. The molecular formula is C27H25NO4. The second-order valence-electron chi connectivity index (χ2n) is 7.84. The summed E-state index contributed by atoms with van der Waals surface area (Å²) in [5, 5.41) is 3.46. The van der Waals surface area contributed by atoms with Crippen LogP contribution in [0.5, 0.6) is 5.75 Å². The van der Waals surface area contributed by atoms with Crippen molar-refractivity contribution in [2.24, 2.45) is 0 Å². The quantitative estimate of drug-likeness (QED) is 0.403. The van der Waals surface area contributed by atoms with Gasteiger partial charge >= 0.3 is 0 Å². The van der Waals surface area contributed by atoms with Crippen molar-refractivity contribution < 1.29 is 13.9 Å². The normalized spacial score (nSPS) is 10.8. The van der Waals surface area contributed by atoms with Crippen LogP contribution in [-0.4, -0.2) is 12.5 Å². The third-order valence-corrected chi connectivity index (χ3v) is 5.18. The fourth-order valence-electron chi connectivity index (χ4n) is 3.59. The van der Waals surface area contributed by atoms with E-state index in [1.54, 1.807) is 24.3 Å². The average Bonchev–Trinajstić information content (AvgIpc) is 2.79. The zero-order valence-electron chi connectivity index (χ0n) is 18.4. The summed E-state index contributed by atoms with van der Waals surface area (Å²) in [4.78, 5) is 25.2. The van der Waals surface area contributed by atoms with E-state index in [0.29, 0.717) is 34.6 Å². The van der Waals surface area contributed by atoms with Crippen LogP contribution in [0, 0.1) is 13.8 Å². The minimum Gasteiger partial charge on any atom is -0.494 e. The van der Waals surface area contributed by atoms with E-state index < -0.39 is 0 Å². The first-order chi connectivity index (χ1) is 15.4. The van der Waals surface area contributed by atoms with Gasteiger partial charge in [-0.3, -0.25) is 9.59 Å². The van der Waals surface area contributed by atoms with Gasteiger partial charge in [0.2, 0.25) is 0 Å². The van der Waals surface area contributed by atoms with Crippen LogP contribution < -0.4 is 15.5 Å². The molecule has 1 heterocycles. The first-order valence-corrected chi connectivity index (χ1v) is 10.6. The number of nitrogens with one attached hydrogen (secondary N) is 1. The van der Waals surface area contributed by atoms with Gasteiger partial charge < -0.3 is 14.5 Å². The number of hydrogen-bond acceptors (Lipinski definition) is 4. The fourth-order valence-corrected chi connectivity index (χ4v) is 3.59. The number of carbonyl (C=O) groups is 1. The highest BCUT2D eigenvalue weighted by atomic mass is 16.5. The number of aryl methyl sites for hydroxylation is 2. The van der Waals surface area contributed by atoms with Gasteiger partial charge in [0.1, 0.15) is 17.1 Å². The van der Waals surface area contributed by atoms with Crippen molar-refractivity contribution >= 4 is 22.6 Å². The SMILES string of the molecule is CCCOc1ccc(NC(=O)c2ccc(-c3cc(=O)c4cc(C)cc(C)c4o3)cc2)cc1. The Morgan fingerprint density at radius 3 is 2.38 bits per heavy atom. The molecule has 5 heteroatoms. The van der Waals surface area contributed by atoms with Gasteiger partial charge in [-0.25, -0.2) is 0 Å². The van der Waals surface area contributed by atoms with Crippen molar-refractivity contribution in [2.45, 2.75) is 27.2 Å². The summed E-state index contributed by atoms with van der Waals surface area (Å²) in [6.45, 7) is 6.60. The third kappa shape index (κ3) is 4.57. The number of carbonyl (C=O) groups excluding carboxylic acids is 1. The summed E-state index contributed by atoms with van der Waals surface area (Å²) in [7, 11) is 0. The van der Waals surface area contributed by atoms with Crippen LogP contribution in [0.2, 0.25) is 0 Å². The molecule has 0 aliphatic rings. The smallest absolute Gasteiger partial charge is 0.255 e. The molecule has 4 rings (SSSR count). The molecule has 0 bridgehead atoms. The molecule has 0 saturated heterocycles. The summed E-state index contributed by atoms with van der Waals surface area (Å²) in [6, 6.07) is 19.6. The number of anilines is 1. The van der Waals surface area contributed by atoms with E-state index in [1.165, 1.54) is 6.07 Å². The lowest BCUT2D eigenvalue weighted by Gasteiger charge is -2.09. The highest BCUT2D eigenvalue weighted by molar-refractivity contribution is 6.04.